The summed E-state index contributed by atoms with van der Waals surface area (Å²) >= 11 is 6.04. The van der Waals surface area contributed by atoms with Gasteiger partial charge in [-0.25, -0.2) is 0 Å². The maximum Gasteiger partial charge on any atom is 0.220 e. The number of hydrogen-bond donors (Lipinski definition) is 2. The van der Waals surface area contributed by atoms with Crippen molar-refractivity contribution in [2.24, 2.45) is 0 Å². The predicted molar refractivity (Wildman–Crippen MR) is 101 cm³/mol. The molecule has 4 nitrogen and oxygen atoms in total. The third kappa shape index (κ3) is 4.67. The molecule has 25 heavy (non-hydrogen) atoms. The van der Waals surface area contributed by atoms with Crippen LogP contribution >= 0.6 is 11.6 Å². The number of nitrogen functional groups attached to an aromatic ring is 1. The van der Waals surface area contributed by atoms with E-state index in [0.717, 1.165) is 24.9 Å². The molecule has 0 heterocycles. The van der Waals surface area contributed by atoms with Crippen LogP contribution in [0.4, 0.5) is 5.69 Å². The van der Waals surface area contributed by atoms with E-state index in [2.05, 4.69) is 5.32 Å². The van der Waals surface area contributed by atoms with E-state index in [9.17, 15) is 4.79 Å². The molecule has 5 heteroatoms. The van der Waals surface area contributed by atoms with Gasteiger partial charge >= 0.3 is 0 Å². The number of carbonyl (C=O) groups is 1. The summed E-state index contributed by atoms with van der Waals surface area (Å²) in [4.78, 5) is 12.2. The molecule has 1 unspecified atom stereocenters. The van der Waals surface area contributed by atoms with Gasteiger partial charge in [0.05, 0.1) is 17.7 Å². The summed E-state index contributed by atoms with van der Waals surface area (Å²) in [5.41, 5.74) is 9.08. The minimum atomic E-state index is 0.0532. The Morgan fingerprint density at radius 1 is 1.28 bits per heavy atom. The molecule has 3 rings (SSSR count). The monoisotopic (exact) mass is 358 g/mol. The highest BCUT2D eigenvalue weighted by atomic mass is 35.5. The van der Waals surface area contributed by atoms with Crippen LogP contribution in [0.15, 0.2) is 42.5 Å². The maximum atomic E-state index is 12.2. The first-order chi connectivity index (χ1) is 12.1. The summed E-state index contributed by atoms with van der Waals surface area (Å²) in [6.07, 6.45) is 4.15. The lowest BCUT2D eigenvalue weighted by molar-refractivity contribution is -0.122. The lowest BCUT2D eigenvalue weighted by atomic mass is 9.87. The second-order valence-electron chi connectivity index (χ2n) is 6.35. The molecule has 0 aromatic heterocycles. The van der Waals surface area contributed by atoms with Crippen molar-refractivity contribution in [2.75, 3.05) is 12.3 Å². The molecule has 0 aliphatic heterocycles. The predicted octanol–water partition coefficient (Wildman–Crippen LogP) is 4.28. The van der Waals surface area contributed by atoms with Gasteiger partial charge in [0.2, 0.25) is 5.91 Å². The van der Waals surface area contributed by atoms with Gasteiger partial charge in [0.1, 0.15) is 5.75 Å². The lowest BCUT2D eigenvalue weighted by Crippen LogP contribution is -2.31. The highest BCUT2D eigenvalue weighted by Crippen LogP contribution is 2.31. The molecule has 132 valence electrons. The number of para-hydroxylation sites is 1. The van der Waals surface area contributed by atoms with Crippen LogP contribution in [0, 0.1) is 0 Å². The van der Waals surface area contributed by atoms with Crippen LogP contribution in [0.3, 0.4) is 0 Å². The number of carbonyl (C=O) groups excluding carboxylic acids is 1. The van der Waals surface area contributed by atoms with E-state index in [1.165, 1.54) is 11.1 Å². The van der Waals surface area contributed by atoms with Crippen molar-refractivity contribution in [3.05, 3.63) is 58.6 Å². The third-order valence-electron chi connectivity index (χ3n) is 4.46. The Morgan fingerprint density at radius 2 is 2.12 bits per heavy atom. The molecule has 1 amide bonds. The second-order valence-corrected chi connectivity index (χ2v) is 6.76. The summed E-state index contributed by atoms with van der Waals surface area (Å²) in [7, 11) is 0. The summed E-state index contributed by atoms with van der Waals surface area (Å²) < 4.78 is 5.62. The molecule has 0 fully saturated rings. The average Bonchev–Trinajstić information content (AvgIpc) is 2.60. The van der Waals surface area contributed by atoms with Gasteiger partial charge in [0.15, 0.2) is 0 Å². The molecule has 0 saturated carbocycles. The van der Waals surface area contributed by atoms with Crippen molar-refractivity contribution >= 4 is 23.2 Å². The number of anilines is 1. The van der Waals surface area contributed by atoms with Gasteiger partial charge in [-0.05, 0) is 61.1 Å². The van der Waals surface area contributed by atoms with Crippen LogP contribution in [0.1, 0.15) is 42.9 Å². The van der Waals surface area contributed by atoms with Crippen molar-refractivity contribution < 1.29 is 9.53 Å². The van der Waals surface area contributed by atoms with Crippen molar-refractivity contribution in [3.63, 3.8) is 0 Å². The number of ether oxygens (including phenoxy) is 1. The van der Waals surface area contributed by atoms with Gasteiger partial charge in [0.25, 0.3) is 0 Å². The van der Waals surface area contributed by atoms with E-state index in [0.29, 0.717) is 30.2 Å². The van der Waals surface area contributed by atoms with Gasteiger partial charge < -0.3 is 15.8 Å². The van der Waals surface area contributed by atoms with Gasteiger partial charge in [-0.3, -0.25) is 4.79 Å². The Hall–Kier alpha value is -2.20. The second kappa shape index (κ2) is 8.26. The van der Waals surface area contributed by atoms with Gasteiger partial charge in [-0.15, -0.1) is 0 Å². The van der Waals surface area contributed by atoms with Crippen molar-refractivity contribution in [2.45, 2.75) is 38.1 Å². The molecule has 1 aliphatic carbocycles. The molecule has 3 N–H and O–H groups in total. The van der Waals surface area contributed by atoms with Gasteiger partial charge in [0, 0.05) is 12.1 Å². The SMILES string of the molecule is Nc1ccc2c(c1)CCCC2NC(=O)CCCOc1ccccc1Cl. The van der Waals surface area contributed by atoms with Crippen molar-refractivity contribution in [3.8, 4) is 5.75 Å². The zero-order valence-electron chi connectivity index (χ0n) is 14.1. The van der Waals surface area contributed by atoms with Crippen LogP contribution in [0.5, 0.6) is 5.75 Å². The summed E-state index contributed by atoms with van der Waals surface area (Å²) in [5.74, 6) is 0.709. The minimum absolute atomic E-state index is 0.0532. The largest absolute Gasteiger partial charge is 0.492 e. The van der Waals surface area contributed by atoms with Crippen molar-refractivity contribution in [1.82, 2.24) is 5.32 Å². The minimum Gasteiger partial charge on any atom is -0.492 e. The normalized spacial score (nSPS) is 16.1. The van der Waals surface area contributed by atoms with E-state index in [4.69, 9.17) is 22.1 Å². The molecular formula is C20H23ClN2O2. The van der Waals surface area contributed by atoms with E-state index in [1.54, 1.807) is 6.07 Å². The zero-order valence-corrected chi connectivity index (χ0v) is 14.9. The number of benzene rings is 2. The Kier molecular flexibility index (Phi) is 5.82. The quantitative estimate of drug-likeness (QED) is 0.598. The van der Waals surface area contributed by atoms with Crippen LogP contribution in [-0.4, -0.2) is 12.5 Å². The highest BCUT2D eigenvalue weighted by molar-refractivity contribution is 6.32. The number of rotatable bonds is 6. The fourth-order valence-corrected chi connectivity index (χ4v) is 3.42. The number of nitrogens with two attached hydrogens (primary N) is 1. The first-order valence-corrected chi connectivity index (χ1v) is 9.06. The first-order valence-electron chi connectivity index (χ1n) is 8.68. The van der Waals surface area contributed by atoms with Crippen LogP contribution in [0.2, 0.25) is 5.02 Å². The lowest BCUT2D eigenvalue weighted by Gasteiger charge is -2.26. The van der Waals surface area contributed by atoms with E-state index in [1.807, 2.05) is 36.4 Å². The van der Waals surface area contributed by atoms with Gasteiger partial charge in [-0.1, -0.05) is 29.8 Å². The molecule has 1 atom stereocenters. The number of aryl methyl sites for hydroxylation is 1. The summed E-state index contributed by atoms with van der Waals surface area (Å²) in [6, 6.07) is 13.4. The number of nitrogens with one attached hydrogen (secondary N) is 1. The molecule has 0 spiro atoms. The molecular weight excluding hydrogens is 336 g/mol. The number of hydrogen-bond acceptors (Lipinski definition) is 3. The van der Waals surface area contributed by atoms with E-state index in [-0.39, 0.29) is 11.9 Å². The molecule has 2 aromatic rings. The Bertz CT molecular complexity index is 748. The molecule has 0 saturated heterocycles. The molecule has 0 bridgehead atoms. The Balaban J connectivity index is 1.47. The van der Waals surface area contributed by atoms with Crippen LogP contribution < -0.4 is 15.8 Å². The number of fused-ring (bicyclic) bond motifs is 1. The molecule has 2 aromatic carbocycles. The smallest absolute Gasteiger partial charge is 0.220 e. The summed E-state index contributed by atoms with van der Waals surface area (Å²) in [6.45, 7) is 0.467. The van der Waals surface area contributed by atoms with Crippen LogP contribution in [0.25, 0.3) is 0 Å². The molecule has 0 radical (unpaired) electrons. The van der Waals surface area contributed by atoms with Crippen molar-refractivity contribution in [1.29, 1.82) is 0 Å². The summed E-state index contributed by atoms with van der Waals surface area (Å²) in [5, 5.41) is 3.73. The van der Waals surface area contributed by atoms with E-state index < -0.39 is 0 Å². The number of halogens is 1. The Morgan fingerprint density at radius 3 is 2.96 bits per heavy atom. The standard InChI is InChI=1S/C20H23ClN2O2/c21-17-6-1-2-8-19(17)25-12-4-9-20(24)23-18-7-3-5-14-13-15(22)10-11-16(14)18/h1-2,6,8,10-11,13,18H,3-5,7,9,12,22H2,(H,23,24). The van der Waals surface area contributed by atoms with Gasteiger partial charge in [-0.2, -0.15) is 0 Å². The van der Waals surface area contributed by atoms with E-state index >= 15 is 0 Å². The third-order valence-corrected chi connectivity index (χ3v) is 4.77. The first kappa shape index (κ1) is 17.6. The zero-order chi connectivity index (χ0) is 17.6. The number of amides is 1. The molecule has 1 aliphatic rings. The fourth-order valence-electron chi connectivity index (χ4n) is 3.23. The van der Waals surface area contributed by atoms with Crippen LogP contribution in [-0.2, 0) is 11.2 Å². The fraction of sp³-hybridized carbons (Fsp3) is 0.350. The highest BCUT2D eigenvalue weighted by Gasteiger charge is 2.21. The Labute approximate surface area is 153 Å². The maximum absolute atomic E-state index is 12.2. The average molecular weight is 359 g/mol. The topological polar surface area (TPSA) is 64.3 Å².